The van der Waals surface area contributed by atoms with Crippen molar-refractivity contribution >= 4 is 38.2 Å². The fraction of sp³-hybridized carbons (Fsp3) is 0.353. The van der Waals surface area contributed by atoms with Gasteiger partial charge in [0.05, 0.1) is 0 Å². The van der Waals surface area contributed by atoms with Gasteiger partial charge in [0.25, 0.3) is 0 Å². The molecule has 2 aromatic carbocycles. The van der Waals surface area contributed by atoms with Gasteiger partial charge < -0.3 is 4.90 Å². The number of hydrogen-bond acceptors (Lipinski definition) is 2. The van der Waals surface area contributed by atoms with Crippen LogP contribution < -0.4 is 4.90 Å². The first-order chi connectivity index (χ1) is 9.56. The molecule has 0 radical (unpaired) electrons. The van der Waals surface area contributed by atoms with Gasteiger partial charge in [0, 0.05) is 35.1 Å². The minimum Gasteiger partial charge on any atom is -0.368 e. The summed E-state index contributed by atoms with van der Waals surface area (Å²) < 4.78 is 1.10. The van der Waals surface area contributed by atoms with Crippen molar-refractivity contribution in [2.24, 2.45) is 5.92 Å². The average Bonchev–Trinajstić information content (AvgIpc) is 2.44. The number of anilines is 1. The van der Waals surface area contributed by atoms with E-state index in [2.05, 4.69) is 64.2 Å². The zero-order chi connectivity index (χ0) is 14.3. The summed E-state index contributed by atoms with van der Waals surface area (Å²) in [5.74, 6) is 0.503. The fourth-order valence-corrected chi connectivity index (χ4v) is 3.33. The summed E-state index contributed by atoms with van der Waals surface area (Å²) in [5.41, 5.74) is 1.21. The van der Waals surface area contributed by atoms with Gasteiger partial charge >= 0.3 is 0 Å². The Morgan fingerprint density at radius 2 is 1.80 bits per heavy atom. The Balaban J connectivity index is 1.98. The van der Waals surface area contributed by atoms with Gasteiger partial charge in [0.1, 0.15) is 5.78 Å². The first-order valence-electron chi connectivity index (χ1n) is 7.05. The monoisotopic (exact) mass is 331 g/mol. The van der Waals surface area contributed by atoms with E-state index >= 15 is 0 Å². The molecule has 1 saturated heterocycles. The highest BCUT2D eigenvalue weighted by Crippen LogP contribution is 2.30. The van der Waals surface area contributed by atoms with E-state index in [0.29, 0.717) is 12.2 Å². The van der Waals surface area contributed by atoms with Crippen LogP contribution in [0.15, 0.2) is 40.9 Å². The summed E-state index contributed by atoms with van der Waals surface area (Å²) in [6.07, 6.45) is 0.657. The van der Waals surface area contributed by atoms with Crippen molar-refractivity contribution in [3.05, 3.63) is 40.9 Å². The smallest absolute Gasteiger partial charge is 0.139 e. The number of benzene rings is 2. The van der Waals surface area contributed by atoms with Crippen molar-refractivity contribution in [2.75, 3.05) is 11.4 Å². The molecule has 3 heteroatoms. The highest BCUT2D eigenvalue weighted by atomic mass is 79.9. The predicted octanol–water partition coefficient (Wildman–Crippen LogP) is 4.41. The molecule has 0 saturated carbocycles. The Kier molecular flexibility index (Phi) is 3.55. The first-order valence-corrected chi connectivity index (χ1v) is 7.84. The standard InChI is InChI=1S/C17H18BrNO/c1-11-12(2)19(8-7-17(11)20)16-6-4-13-9-15(18)5-3-14(13)10-16/h3-6,9-12H,7-8H2,1-2H3. The Labute approximate surface area is 127 Å². The number of fused-ring (bicyclic) bond motifs is 1. The van der Waals surface area contributed by atoms with Crippen LogP contribution in [0.2, 0.25) is 0 Å². The van der Waals surface area contributed by atoms with Crippen LogP contribution in [0, 0.1) is 5.92 Å². The van der Waals surface area contributed by atoms with Crippen molar-refractivity contribution in [3.63, 3.8) is 0 Å². The van der Waals surface area contributed by atoms with Crippen molar-refractivity contribution < 1.29 is 4.79 Å². The maximum atomic E-state index is 11.8. The normalized spacial score (nSPS) is 23.4. The van der Waals surface area contributed by atoms with Gasteiger partial charge in [-0.05, 0) is 42.0 Å². The number of nitrogens with zero attached hydrogens (tertiary/aromatic N) is 1. The molecule has 0 spiro atoms. The quantitative estimate of drug-likeness (QED) is 0.771. The molecular formula is C17H18BrNO. The molecule has 1 heterocycles. The molecule has 2 unspecified atom stereocenters. The molecule has 0 amide bonds. The zero-order valence-electron chi connectivity index (χ0n) is 11.8. The molecule has 2 nitrogen and oxygen atoms in total. The van der Waals surface area contributed by atoms with Gasteiger partial charge in [0.2, 0.25) is 0 Å². The summed E-state index contributed by atoms with van der Waals surface area (Å²) >= 11 is 3.50. The van der Waals surface area contributed by atoms with E-state index in [4.69, 9.17) is 0 Å². The topological polar surface area (TPSA) is 20.3 Å². The molecule has 3 rings (SSSR count). The van der Waals surface area contributed by atoms with Gasteiger partial charge in [-0.15, -0.1) is 0 Å². The van der Waals surface area contributed by atoms with Gasteiger partial charge in [0.15, 0.2) is 0 Å². The third-order valence-electron chi connectivity index (χ3n) is 4.44. The lowest BCUT2D eigenvalue weighted by Gasteiger charge is -2.38. The van der Waals surface area contributed by atoms with E-state index in [-0.39, 0.29) is 12.0 Å². The lowest BCUT2D eigenvalue weighted by molar-refractivity contribution is -0.123. The molecular weight excluding hydrogens is 314 g/mol. The molecule has 104 valence electrons. The van der Waals surface area contributed by atoms with Crippen LogP contribution in [-0.2, 0) is 4.79 Å². The van der Waals surface area contributed by atoms with E-state index in [1.165, 1.54) is 16.5 Å². The van der Waals surface area contributed by atoms with Gasteiger partial charge in [-0.25, -0.2) is 0 Å². The van der Waals surface area contributed by atoms with Crippen molar-refractivity contribution in [1.82, 2.24) is 0 Å². The van der Waals surface area contributed by atoms with Crippen molar-refractivity contribution in [2.45, 2.75) is 26.3 Å². The van der Waals surface area contributed by atoms with Crippen LogP contribution in [0.3, 0.4) is 0 Å². The highest BCUT2D eigenvalue weighted by molar-refractivity contribution is 9.10. The van der Waals surface area contributed by atoms with Crippen LogP contribution >= 0.6 is 15.9 Å². The summed E-state index contributed by atoms with van der Waals surface area (Å²) in [6, 6.07) is 13.1. The minimum absolute atomic E-state index is 0.115. The Bertz CT molecular complexity index is 667. The molecule has 2 aromatic rings. The number of Topliss-reactive ketones (excluding diaryl/α,β-unsaturated/α-hetero) is 1. The Morgan fingerprint density at radius 1 is 1.10 bits per heavy atom. The van der Waals surface area contributed by atoms with Crippen LogP contribution in [0.25, 0.3) is 10.8 Å². The van der Waals surface area contributed by atoms with Gasteiger partial charge in [-0.1, -0.05) is 35.0 Å². The second kappa shape index (κ2) is 5.21. The highest BCUT2D eigenvalue weighted by Gasteiger charge is 2.30. The maximum Gasteiger partial charge on any atom is 0.139 e. The summed E-state index contributed by atoms with van der Waals surface area (Å²) in [7, 11) is 0. The molecule has 0 N–H and O–H groups in total. The van der Waals surface area contributed by atoms with Crippen molar-refractivity contribution in [3.8, 4) is 0 Å². The predicted molar refractivity (Wildman–Crippen MR) is 87.2 cm³/mol. The zero-order valence-corrected chi connectivity index (χ0v) is 13.4. The van der Waals surface area contributed by atoms with Gasteiger partial charge in [-0.2, -0.15) is 0 Å². The van der Waals surface area contributed by atoms with E-state index in [9.17, 15) is 4.79 Å². The lowest BCUT2D eigenvalue weighted by Crippen LogP contribution is -2.46. The Morgan fingerprint density at radius 3 is 2.60 bits per heavy atom. The van der Waals surface area contributed by atoms with Gasteiger partial charge in [-0.3, -0.25) is 4.79 Å². The number of carbonyl (C=O) groups is 1. The first kappa shape index (κ1) is 13.6. The minimum atomic E-state index is 0.115. The number of carbonyl (C=O) groups excluding carboxylic acids is 1. The number of hydrogen-bond donors (Lipinski definition) is 0. The number of halogens is 1. The van der Waals surface area contributed by atoms with Crippen LogP contribution in [0.1, 0.15) is 20.3 Å². The molecule has 1 aliphatic heterocycles. The molecule has 0 bridgehead atoms. The summed E-state index contributed by atoms with van der Waals surface area (Å²) in [6.45, 7) is 5.01. The van der Waals surface area contributed by atoms with Crippen molar-refractivity contribution in [1.29, 1.82) is 0 Å². The fourth-order valence-electron chi connectivity index (χ4n) is 2.95. The number of rotatable bonds is 1. The molecule has 1 fully saturated rings. The number of piperidine rings is 1. The molecule has 0 aromatic heterocycles. The third-order valence-corrected chi connectivity index (χ3v) is 4.93. The van der Waals surface area contributed by atoms with E-state index < -0.39 is 0 Å². The van der Waals surface area contributed by atoms with E-state index in [1.807, 2.05) is 6.92 Å². The molecule has 20 heavy (non-hydrogen) atoms. The SMILES string of the molecule is CC1C(=O)CCN(c2ccc3cc(Br)ccc3c2)C1C. The summed E-state index contributed by atoms with van der Waals surface area (Å²) in [5, 5.41) is 2.47. The Hall–Kier alpha value is -1.35. The van der Waals surface area contributed by atoms with Crippen LogP contribution in [0.4, 0.5) is 5.69 Å². The second-order valence-corrected chi connectivity index (χ2v) is 6.53. The second-order valence-electron chi connectivity index (χ2n) is 5.61. The molecule has 2 atom stereocenters. The van der Waals surface area contributed by atoms with E-state index in [0.717, 1.165) is 11.0 Å². The average molecular weight is 332 g/mol. The lowest BCUT2D eigenvalue weighted by atomic mass is 9.90. The van der Waals surface area contributed by atoms with E-state index in [1.54, 1.807) is 0 Å². The largest absolute Gasteiger partial charge is 0.368 e. The summed E-state index contributed by atoms with van der Waals surface area (Å²) in [4.78, 5) is 14.2. The molecule has 1 aliphatic rings. The third kappa shape index (κ3) is 2.35. The van der Waals surface area contributed by atoms with Crippen LogP contribution in [0.5, 0.6) is 0 Å². The molecule has 0 aliphatic carbocycles. The number of ketones is 1. The van der Waals surface area contributed by atoms with Crippen LogP contribution in [-0.4, -0.2) is 18.4 Å². The maximum absolute atomic E-state index is 11.8.